The van der Waals surface area contributed by atoms with Crippen molar-refractivity contribution in [3.05, 3.63) is 44.7 Å². The fraction of sp³-hybridized carbons (Fsp3) is 0.167. The number of nitrogens with two attached hydrogens (primary N) is 1. The van der Waals surface area contributed by atoms with E-state index >= 15 is 0 Å². The van der Waals surface area contributed by atoms with Crippen LogP contribution in [0.1, 0.15) is 5.56 Å². The van der Waals surface area contributed by atoms with Gasteiger partial charge in [-0.15, -0.1) is 0 Å². The largest absolute Gasteiger partial charge is 0.496 e. The van der Waals surface area contributed by atoms with E-state index in [4.69, 9.17) is 10.5 Å². The van der Waals surface area contributed by atoms with Crippen LogP contribution in [0.15, 0.2) is 38.7 Å². The number of thioether (sulfide) groups is 1. The van der Waals surface area contributed by atoms with Gasteiger partial charge in [-0.3, -0.25) is 4.79 Å². The van der Waals surface area contributed by atoms with E-state index in [1.54, 1.807) is 7.11 Å². The smallest absolute Gasteiger partial charge is 0.253 e. The number of nitrogens with zero attached hydrogens (tertiary/aromatic N) is 1. The minimum absolute atomic E-state index is 0.224. The number of hydrogen-bond donors (Lipinski definition) is 2. The highest BCUT2D eigenvalue weighted by Gasteiger charge is 2.04. The minimum atomic E-state index is -0.245. The van der Waals surface area contributed by atoms with Crippen molar-refractivity contribution >= 4 is 33.5 Å². The number of rotatable bonds is 4. The Kier molecular flexibility index (Phi) is 4.49. The molecule has 0 saturated carbocycles. The molecule has 0 aliphatic carbocycles. The Labute approximate surface area is 122 Å². The molecule has 3 N–H and O–H groups in total. The van der Waals surface area contributed by atoms with Gasteiger partial charge in [0.1, 0.15) is 11.6 Å². The Bertz CT molecular complexity index is 645. The van der Waals surface area contributed by atoms with Gasteiger partial charge in [0.2, 0.25) is 0 Å². The molecule has 0 aliphatic heterocycles. The summed E-state index contributed by atoms with van der Waals surface area (Å²) in [4.78, 5) is 17.9. The van der Waals surface area contributed by atoms with E-state index in [1.165, 1.54) is 17.8 Å². The fourth-order valence-corrected chi connectivity index (χ4v) is 2.89. The van der Waals surface area contributed by atoms with E-state index < -0.39 is 0 Å². The van der Waals surface area contributed by atoms with Crippen LogP contribution in [0.25, 0.3) is 0 Å². The number of ether oxygens (including phenoxy) is 1. The maximum Gasteiger partial charge on any atom is 0.253 e. The second-order valence-corrected chi connectivity index (χ2v) is 5.55. The van der Waals surface area contributed by atoms with Gasteiger partial charge in [0, 0.05) is 11.8 Å². The van der Waals surface area contributed by atoms with Crippen LogP contribution < -0.4 is 16.0 Å². The quantitative estimate of drug-likeness (QED) is 0.659. The van der Waals surface area contributed by atoms with Gasteiger partial charge in [0.05, 0.1) is 11.6 Å². The maximum atomic E-state index is 11.2. The summed E-state index contributed by atoms with van der Waals surface area (Å²) in [5.74, 6) is 1.68. The lowest BCUT2D eigenvalue weighted by molar-refractivity contribution is 0.412. The minimum Gasteiger partial charge on any atom is -0.496 e. The fourth-order valence-electron chi connectivity index (χ4n) is 1.47. The van der Waals surface area contributed by atoms with Crippen molar-refractivity contribution in [3.8, 4) is 5.75 Å². The van der Waals surface area contributed by atoms with Crippen LogP contribution in [0.3, 0.4) is 0 Å². The second-order valence-electron chi connectivity index (χ2n) is 3.73. The van der Waals surface area contributed by atoms with Crippen LogP contribution in [-0.4, -0.2) is 17.1 Å². The van der Waals surface area contributed by atoms with E-state index in [9.17, 15) is 4.79 Å². The van der Waals surface area contributed by atoms with E-state index in [0.717, 1.165) is 15.8 Å². The highest BCUT2D eigenvalue weighted by Crippen LogP contribution is 2.28. The summed E-state index contributed by atoms with van der Waals surface area (Å²) >= 11 is 4.84. The Hall–Kier alpha value is -1.47. The summed E-state index contributed by atoms with van der Waals surface area (Å²) in [7, 11) is 1.62. The lowest BCUT2D eigenvalue weighted by atomic mass is 10.2. The molecule has 19 heavy (non-hydrogen) atoms. The lowest BCUT2D eigenvalue weighted by Crippen LogP contribution is -2.09. The van der Waals surface area contributed by atoms with Gasteiger partial charge in [-0.05, 0) is 33.6 Å². The zero-order valence-electron chi connectivity index (χ0n) is 10.1. The number of H-pyrrole nitrogens is 1. The van der Waals surface area contributed by atoms with E-state index in [2.05, 4.69) is 25.9 Å². The monoisotopic (exact) mass is 341 g/mol. The summed E-state index contributed by atoms with van der Waals surface area (Å²) in [6.45, 7) is 0. The Balaban J connectivity index is 2.10. The molecule has 0 aliphatic rings. The molecule has 1 heterocycles. The first kappa shape index (κ1) is 14.0. The van der Waals surface area contributed by atoms with Gasteiger partial charge in [-0.25, -0.2) is 4.98 Å². The predicted octanol–water partition coefficient (Wildman–Crippen LogP) is 2.42. The van der Waals surface area contributed by atoms with Crippen molar-refractivity contribution in [1.82, 2.24) is 9.97 Å². The number of nitrogen functional groups attached to an aromatic ring is 1. The third-order valence-electron chi connectivity index (χ3n) is 2.33. The lowest BCUT2D eigenvalue weighted by Gasteiger charge is -2.06. The Morgan fingerprint density at radius 1 is 1.47 bits per heavy atom. The van der Waals surface area contributed by atoms with Crippen LogP contribution in [0.5, 0.6) is 5.75 Å². The van der Waals surface area contributed by atoms with Crippen molar-refractivity contribution in [3.63, 3.8) is 0 Å². The summed E-state index contributed by atoms with van der Waals surface area (Å²) < 4.78 is 6.06. The predicted molar refractivity (Wildman–Crippen MR) is 79.5 cm³/mol. The molecule has 0 spiro atoms. The normalized spacial score (nSPS) is 10.4. The SMILES string of the molecule is COc1ccc(CSc2nc(N)cc(=O)[nH]2)cc1Br. The third-order valence-corrected chi connectivity index (χ3v) is 3.90. The van der Waals surface area contributed by atoms with Gasteiger partial charge >= 0.3 is 0 Å². The first-order chi connectivity index (χ1) is 9.08. The van der Waals surface area contributed by atoms with Crippen molar-refractivity contribution < 1.29 is 4.74 Å². The molecular formula is C12H12BrN3O2S. The number of halogens is 1. The first-order valence-corrected chi connectivity index (χ1v) is 7.18. The molecule has 0 fully saturated rings. The van der Waals surface area contributed by atoms with Crippen molar-refractivity contribution in [2.24, 2.45) is 0 Å². The standard InChI is InChI=1S/C12H12BrN3O2S/c1-18-9-3-2-7(4-8(9)13)6-19-12-15-10(14)5-11(17)16-12/h2-5H,6H2,1H3,(H3,14,15,16,17). The number of anilines is 1. The average molecular weight is 342 g/mol. The van der Waals surface area contributed by atoms with E-state index in [-0.39, 0.29) is 11.4 Å². The molecule has 5 nitrogen and oxygen atoms in total. The zero-order chi connectivity index (χ0) is 13.8. The first-order valence-electron chi connectivity index (χ1n) is 5.40. The van der Waals surface area contributed by atoms with Gasteiger partial charge in [-0.2, -0.15) is 0 Å². The molecule has 0 bridgehead atoms. The Morgan fingerprint density at radius 2 is 2.26 bits per heavy atom. The Morgan fingerprint density at radius 3 is 2.89 bits per heavy atom. The van der Waals surface area contributed by atoms with Crippen LogP contribution in [-0.2, 0) is 5.75 Å². The maximum absolute atomic E-state index is 11.2. The molecule has 2 rings (SSSR count). The number of benzene rings is 1. The van der Waals surface area contributed by atoms with Gasteiger partial charge in [-0.1, -0.05) is 17.8 Å². The molecule has 2 aromatic rings. The number of nitrogens with one attached hydrogen (secondary N) is 1. The molecule has 1 aromatic heterocycles. The van der Waals surface area contributed by atoms with Gasteiger partial charge < -0.3 is 15.5 Å². The van der Waals surface area contributed by atoms with Crippen LogP contribution in [0, 0.1) is 0 Å². The van der Waals surface area contributed by atoms with E-state index in [0.29, 0.717) is 10.9 Å². The molecule has 0 radical (unpaired) electrons. The second kappa shape index (κ2) is 6.12. The summed E-state index contributed by atoms with van der Waals surface area (Å²) in [5.41, 5.74) is 6.36. The van der Waals surface area contributed by atoms with Crippen molar-refractivity contribution in [2.45, 2.75) is 10.9 Å². The summed E-state index contributed by atoms with van der Waals surface area (Å²) in [5, 5.41) is 0.511. The molecular weight excluding hydrogens is 330 g/mol. The van der Waals surface area contributed by atoms with Crippen molar-refractivity contribution in [1.29, 1.82) is 0 Å². The highest BCUT2D eigenvalue weighted by molar-refractivity contribution is 9.10. The van der Waals surface area contributed by atoms with Crippen LogP contribution in [0.2, 0.25) is 0 Å². The average Bonchev–Trinajstić information content (AvgIpc) is 2.35. The zero-order valence-corrected chi connectivity index (χ0v) is 12.5. The topological polar surface area (TPSA) is 81.0 Å². The summed E-state index contributed by atoms with van der Waals surface area (Å²) in [6, 6.07) is 7.07. The highest BCUT2D eigenvalue weighted by atomic mass is 79.9. The molecule has 0 saturated heterocycles. The molecule has 0 unspecified atom stereocenters. The molecule has 0 amide bonds. The number of hydrogen-bond acceptors (Lipinski definition) is 5. The number of aromatic amines is 1. The van der Waals surface area contributed by atoms with Crippen LogP contribution in [0.4, 0.5) is 5.82 Å². The molecule has 100 valence electrons. The van der Waals surface area contributed by atoms with Crippen molar-refractivity contribution in [2.75, 3.05) is 12.8 Å². The van der Waals surface area contributed by atoms with Crippen LogP contribution >= 0.6 is 27.7 Å². The molecule has 7 heteroatoms. The number of methoxy groups -OCH3 is 1. The number of aromatic nitrogens is 2. The molecule has 1 aromatic carbocycles. The van der Waals surface area contributed by atoms with Gasteiger partial charge in [0.25, 0.3) is 5.56 Å². The van der Waals surface area contributed by atoms with E-state index in [1.807, 2.05) is 18.2 Å². The third kappa shape index (κ3) is 3.74. The molecule has 0 atom stereocenters. The van der Waals surface area contributed by atoms with Gasteiger partial charge in [0.15, 0.2) is 5.16 Å². The summed E-state index contributed by atoms with van der Waals surface area (Å²) in [6.07, 6.45) is 0.